The SMILES string of the molecule is COc1cc(-c2nccnc2N2CCCN(C)CC2)cc(OC)c1OC. The number of likely N-dealkylation sites (N-methyl/N-ethyl adjacent to an activating group) is 1. The summed E-state index contributed by atoms with van der Waals surface area (Å²) in [6.07, 6.45) is 4.55. The molecule has 0 unspecified atom stereocenters. The Bertz CT molecular complexity index is 728. The van der Waals surface area contributed by atoms with E-state index in [1.807, 2.05) is 12.1 Å². The molecule has 2 heterocycles. The van der Waals surface area contributed by atoms with Crippen LogP contribution in [-0.4, -0.2) is 69.4 Å². The standard InChI is InChI=1S/C19H26N4O3/c1-22-8-5-9-23(11-10-22)19-17(20-6-7-21-19)14-12-15(24-2)18(26-4)16(13-14)25-3/h6-7,12-13H,5,8-11H2,1-4H3. The fourth-order valence-electron chi connectivity index (χ4n) is 3.24. The molecule has 7 nitrogen and oxygen atoms in total. The number of anilines is 1. The third kappa shape index (κ3) is 3.67. The molecule has 26 heavy (non-hydrogen) atoms. The number of methoxy groups -OCH3 is 3. The fraction of sp³-hybridized carbons (Fsp3) is 0.474. The van der Waals surface area contributed by atoms with E-state index in [1.165, 1.54) is 0 Å². The van der Waals surface area contributed by atoms with Gasteiger partial charge in [-0.05, 0) is 32.1 Å². The van der Waals surface area contributed by atoms with Gasteiger partial charge < -0.3 is 24.0 Å². The van der Waals surface area contributed by atoms with Crippen molar-refractivity contribution in [3.8, 4) is 28.5 Å². The Morgan fingerprint density at radius 3 is 2.19 bits per heavy atom. The number of aromatic nitrogens is 2. The number of benzene rings is 1. The highest BCUT2D eigenvalue weighted by Crippen LogP contribution is 2.42. The molecule has 0 radical (unpaired) electrons. The third-order valence-corrected chi connectivity index (χ3v) is 4.64. The van der Waals surface area contributed by atoms with Gasteiger partial charge in [-0.15, -0.1) is 0 Å². The zero-order chi connectivity index (χ0) is 18.5. The summed E-state index contributed by atoms with van der Waals surface area (Å²) in [6.45, 7) is 3.98. The number of nitrogens with zero attached hydrogens (tertiary/aromatic N) is 4. The van der Waals surface area contributed by atoms with Crippen molar-refractivity contribution in [2.24, 2.45) is 0 Å². The minimum Gasteiger partial charge on any atom is -0.493 e. The van der Waals surface area contributed by atoms with Gasteiger partial charge in [0.05, 0.1) is 21.3 Å². The van der Waals surface area contributed by atoms with Crippen molar-refractivity contribution >= 4 is 5.82 Å². The molecule has 1 aromatic carbocycles. The van der Waals surface area contributed by atoms with Gasteiger partial charge in [0.25, 0.3) is 0 Å². The van der Waals surface area contributed by atoms with Gasteiger partial charge in [0.15, 0.2) is 17.3 Å². The molecule has 0 atom stereocenters. The average Bonchev–Trinajstić information content (AvgIpc) is 2.91. The van der Waals surface area contributed by atoms with E-state index in [4.69, 9.17) is 14.2 Å². The first-order chi connectivity index (χ1) is 12.7. The van der Waals surface area contributed by atoms with Gasteiger partial charge in [-0.1, -0.05) is 0 Å². The topological polar surface area (TPSA) is 60.0 Å². The lowest BCUT2D eigenvalue weighted by Gasteiger charge is -2.24. The molecular weight excluding hydrogens is 332 g/mol. The maximum absolute atomic E-state index is 5.49. The summed E-state index contributed by atoms with van der Waals surface area (Å²) in [7, 11) is 6.98. The molecule has 0 amide bonds. The van der Waals surface area contributed by atoms with Gasteiger partial charge in [0.2, 0.25) is 5.75 Å². The summed E-state index contributed by atoms with van der Waals surface area (Å²) >= 11 is 0. The van der Waals surface area contributed by atoms with E-state index in [1.54, 1.807) is 33.7 Å². The fourth-order valence-corrected chi connectivity index (χ4v) is 3.24. The third-order valence-electron chi connectivity index (χ3n) is 4.64. The van der Waals surface area contributed by atoms with Crippen LogP contribution in [0.4, 0.5) is 5.82 Å². The molecular formula is C19H26N4O3. The molecule has 1 aromatic heterocycles. The number of hydrogen-bond acceptors (Lipinski definition) is 7. The molecule has 1 aliphatic heterocycles. The van der Waals surface area contributed by atoms with Gasteiger partial charge in [0.1, 0.15) is 5.69 Å². The van der Waals surface area contributed by atoms with Gasteiger partial charge >= 0.3 is 0 Å². The molecule has 3 rings (SSSR count). The molecule has 0 saturated carbocycles. The number of hydrogen-bond donors (Lipinski definition) is 0. The summed E-state index contributed by atoms with van der Waals surface area (Å²) < 4.78 is 16.4. The van der Waals surface area contributed by atoms with E-state index >= 15 is 0 Å². The molecule has 0 bridgehead atoms. The average molecular weight is 358 g/mol. The summed E-state index contributed by atoms with van der Waals surface area (Å²) in [5.74, 6) is 2.67. The Hall–Kier alpha value is -2.54. The molecule has 0 N–H and O–H groups in total. The summed E-state index contributed by atoms with van der Waals surface area (Å²) in [5.41, 5.74) is 1.71. The molecule has 7 heteroatoms. The Balaban J connectivity index is 2.05. The highest BCUT2D eigenvalue weighted by Gasteiger charge is 2.21. The summed E-state index contributed by atoms with van der Waals surface area (Å²) in [5, 5.41) is 0. The van der Waals surface area contributed by atoms with Crippen molar-refractivity contribution in [2.45, 2.75) is 6.42 Å². The van der Waals surface area contributed by atoms with Crippen molar-refractivity contribution in [3.63, 3.8) is 0 Å². The summed E-state index contributed by atoms with van der Waals surface area (Å²) in [4.78, 5) is 13.9. The van der Waals surface area contributed by atoms with E-state index in [-0.39, 0.29) is 0 Å². The van der Waals surface area contributed by atoms with E-state index in [0.29, 0.717) is 17.2 Å². The van der Waals surface area contributed by atoms with Crippen LogP contribution < -0.4 is 19.1 Å². The first kappa shape index (κ1) is 18.3. The normalized spacial score (nSPS) is 15.5. The first-order valence-electron chi connectivity index (χ1n) is 8.72. The molecule has 140 valence electrons. The van der Waals surface area contributed by atoms with Crippen molar-refractivity contribution in [1.29, 1.82) is 0 Å². The highest BCUT2D eigenvalue weighted by molar-refractivity contribution is 5.76. The van der Waals surface area contributed by atoms with Crippen LogP contribution in [0.25, 0.3) is 11.3 Å². The Morgan fingerprint density at radius 1 is 0.846 bits per heavy atom. The zero-order valence-corrected chi connectivity index (χ0v) is 15.9. The second-order valence-corrected chi connectivity index (χ2v) is 6.29. The van der Waals surface area contributed by atoms with Crippen LogP contribution in [0.2, 0.25) is 0 Å². The van der Waals surface area contributed by atoms with Crippen molar-refractivity contribution in [1.82, 2.24) is 14.9 Å². The van der Waals surface area contributed by atoms with Gasteiger partial charge in [-0.2, -0.15) is 0 Å². The lowest BCUT2D eigenvalue weighted by Crippen LogP contribution is -2.30. The van der Waals surface area contributed by atoms with Crippen LogP contribution in [0.1, 0.15) is 6.42 Å². The van der Waals surface area contributed by atoms with Crippen LogP contribution in [0.5, 0.6) is 17.2 Å². The molecule has 2 aromatic rings. The molecule has 1 saturated heterocycles. The predicted octanol–water partition coefficient (Wildman–Crippen LogP) is 2.31. The monoisotopic (exact) mass is 358 g/mol. The number of rotatable bonds is 5. The van der Waals surface area contributed by atoms with Crippen LogP contribution in [0, 0.1) is 0 Å². The van der Waals surface area contributed by atoms with Crippen LogP contribution >= 0.6 is 0 Å². The quantitative estimate of drug-likeness (QED) is 0.813. The number of ether oxygens (including phenoxy) is 3. The zero-order valence-electron chi connectivity index (χ0n) is 15.9. The van der Waals surface area contributed by atoms with Crippen LogP contribution in [0.3, 0.4) is 0 Å². The van der Waals surface area contributed by atoms with E-state index in [0.717, 1.165) is 49.7 Å². The van der Waals surface area contributed by atoms with Crippen LogP contribution in [0.15, 0.2) is 24.5 Å². The minimum absolute atomic E-state index is 0.570. The first-order valence-corrected chi connectivity index (χ1v) is 8.72. The van der Waals surface area contributed by atoms with E-state index in [2.05, 4.69) is 26.8 Å². The second kappa shape index (κ2) is 8.23. The van der Waals surface area contributed by atoms with Crippen molar-refractivity contribution in [2.75, 3.05) is 59.5 Å². The maximum atomic E-state index is 5.49. The van der Waals surface area contributed by atoms with Gasteiger partial charge in [0, 0.05) is 37.6 Å². The van der Waals surface area contributed by atoms with Gasteiger partial charge in [-0.3, -0.25) is 4.98 Å². The molecule has 1 aliphatic rings. The van der Waals surface area contributed by atoms with E-state index < -0.39 is 0 Å². The van der Waals surface area contributed by atoms with Crippen molar-refractivity contribution in [3.05, 3.63) is 24.5 Å². The highest BCUT2D eigenvalue weighted by atomic mass is 16.5. The largest absolute Gasteiger partial charge is 0.493 e. The van der Waals surface area contributed by atoms with Crippen LogP contribution in [-0.2, 0) is 0 Å². The Morgan fingerprint density at radius 2 is 1.54 bits per heavy atom. The smallest absolute Gasteiger partial charge is 0.203 e. The molecule has 0 spiro atoms. The lowest BCUT2D eigenvalue weighted by atomic mass is 10.1. The second-order valence-electron chi connectivity index (χ2n) is 6.29. The minimum atomic E-state index is 0.570. The lowest BCUT2D eigenvalue weighted by molar-refractivity contribution is 0.324. The Labute approximate surface area is 154 Å². The van der Waals surface area contributed by atoms with Gasteiger partial charge in [-0.25, -0.2) is 4.98 Å². The Kier molecular flexibility index (Phi) is 5.78. The predicted molar refractivity (Wildman–Crippen MR) is 101 cm³/mol. The summed E-state index contributed by atoms with van der Waals surface area (Å²) in [6, 6.07) is 3.83. The van der Waals surface area contributed by atoms with E-state index in [9.17, 15) is 0 Å². The maximum Gasteiger partial charge on any atom is 0.203 e. The molecule has 0 aliphatic carbocycles. The molecule has 1 fully saturated rings. The van der Waals surface area contributed by atoms with Crippen molar-refractivity contribution < 1.29 is 14.2 Å².